The van der Waals surface area contributed by atoms with Crippen molar-refractivity contribution >= 4 is 35.1 Å². The first-order chi connectivity index (χ1) is 9.91. The van der Waals surface area contributed by atoms with Gasteiger partial charge >= 0.3 is 12.0 Å². The number of urea groups is 1. The largest absolute Gasteiger partial charge is 0.480 e. The van der Waals surface area contributed by atoms with Crippen LogP contribution in [0.5, 0.6) is 0 Å². The Bertz CT molecular complexity index is 530. The van der Waals surface area contributed by atoms with E-state index in [1.165, 1.54) is 16.7 Å². The smallest absolute Gasteiger partial charge is 0.327 e. The third kappa shape index (κ3) is 3.52. The summed E-state index contributed by atoms with van der Waals surface area (Å²) in [5.74, 6) is -0.273. The van der Waals surface area contributed by atoms with Crippen LogP contribution < -0.4 is 5.32 Å². The van der Waals surface area contributed by atoms with Gasteiger partial charge in [0.05, 0.1) is 11.9 Å². The van der Waals surface area contributed by atoms with Crippen molar-refractivity contribution in [1.82, 2.24) is 10.2 Å². The summed E-state index contributed by atoms with van der Waals surface area (Å²) in [6.07, 6.45) is 0. The van der Waals surface area contributed by atoms with Crippen LogP contribution in [0.15, 0.2) is 11.4 Å². The van der Waals surface area contributed by atoms with Crippen molar-refractivity contribution in [2.24, 2.45) is 5.92 Å². The van der Waals surface area contributed by atoms with Gasteiger partial charge in [0.2, 0.25) is 0 Å². The molecule has 1 aromatic heterocycles. The topological polar surface area (TPSA) is 69.6 Å². The zero-order chi connectivity index (χ0) is 15.6. The van der Waals surface area contributed by atoms with E-state index in [2.05, 4.69) is 5.32 Å². The summed E-state index contributed by atoms with van der Waals surface area (Å²) in [5.41, 5.74) is 1.14. The number of carbonyl (C=O) groups excluding carboxylic acids is 1. The Balaban J connectivity index is 2.06. The van der Waals surface area contributed by atoms with Crippen molar-refractivity contribution in [2.45, 2.75) is 38.7 Å². The minimum absolute atomic E-state index is 0.0875. The third-order valence-electron chi connectivity index (χ3n) is 3.49. The van der Waals surface area contributed by atoms with Gasteiger partial charge in [-0.3, -0.25) is 4.90 Å². The first-order valence-electron chi connectivity index (χ1n) is 6.85. The minimum Gasteiger partial charge on any atom is -0.480 e. The number of rotatable bonds is 4. The first-order valence-corrected chi connectivity index (χ1v) is 8.78. The predicted molar refractivity (Wildman–Crippen MR) is 85.6 cm³/mol. The Hall–Kier alpha value is -1.21. The highest BCUT2D eigenvalue weighted by Gasteiger charge is 2.42. The Labute approximate surface area is 132 Å². The van der Waals surface area contributed by atoms with Crippen LogP contribution in [-0.2, 0) is 11.3 Å². The van der Waals surface area contributed by atoms with E-state index in [-0.39, 0.29) is 17.3 Å². The number of carbonyl (C=O) groups is 2. The zero-order valence-corrected chi connectivity index (χ0v) is 14.0. The standard InChI is InChI=1S/C14H20N2O3S2/c1-8(2)12-16(10(7-21-12)13(17)18)14(19)15-6-11-9(3)4-5-20-11/h4-5,8,10,12H,6-7H2,1-3H3,(H,15,19)(H,17,18). The molecule has 2 heterocycles. The first kappa shape index (κ1) is 16.2. The SMILES string of the molecule is Cc1ccsc1CNC(=O)N1C(C(=O)O)CSC1C(C)C. The van der Waals surface area contributed by atoms with E-state index < -0.39 is 12.0 Å². The lowest BCUT2D eigenvalue weighted by Gasteiger charge is -2.29. The number of nitrogens with zero attached hydrogens (tertiary/aromatic N) is 1. The Morgan fingerprint density at radius 2 is 2.24 bits per heavy atom. The molecule has 1 aliphatic heterocycles. The molecule has 1 aromatic rings. The normalized spacial score (nSPS) is 21.8. The van der Waals surface area contributed by atoms with Crippen LogP contribution in [0.2, 0.25) is 0 Å². The lowest BCUT2D eigenvalue weighted by molar-refractivity contribution is -0.141. The predicted octanol–water partition coefficient (Wildman–Crippen LogP) is 2.75. The molecule has 5 nitrogen and oxygen atoms in total. The van der Waals surface area contributed by atoms with E-state index in [1.807, 2.05) is 32.2 Å². The molecule has 2 rings (SSSR count). The number of thioether (sulfide) groups is 1. The summed E-state index contributed by atoms with van der Waals surface area (Å²) in [6.45, 7) is 6.46. The van der Waals surface area contributed by atoms with Crippen molar-refractivity contribution in [3.8, 4) is 0 Å². The van der Waals surface area contributed by atoms with E-state index in [0.29, 0.717) is 12.3 Å². The Morgan fingerprint density at radius 3 is 2.76 bits per heavy atom. The maximum Gasteiger partial charge on any atom is 0.327 e. The van der Waals surface area contributed by atoms with E-state index in [9.17, 15) is 14.7 Å². The van der Waals surface area contributed by atoms with Crippen LogP contribution in [0.1, 0.15) is 24.3 Å². The summed E-state index contributed by atoms with van der Waals surface area (Å²) in [4.78, 5) is 26.3. The van der Waals surface area contributed by atoms with E-state index in [1.54, 1.807) is 11.3 Å². The molecule has 116 valence electrons. The van der Waals surface area contributed by atoms with E-state index >= 15 is 0 Å². The summed E-state index contributed by atoms with van der Waals surface area (Å²) in [7, 11) is 0. The molecule has 1 fully saturated rings. The van der Waals surface area contributed by atoms with Crippen molar-refractivity contribution in [3.63, 3.8) is 0 Å². The summed E-state index contributed by atoms with van der Waals surface area (Å²) >= 11 is 3.13. The Morgan fingerprint density at radius 1 is 1.52 bits per heavy atom. The van der Waals surface area contributed by atoms with Crippen molar-refractivity contribution < 1.29 is 14.7 Å². The molecule has 7 heteroatoms. The van der Waals surface area contributed by atoms with E-state index in [4.69, 9.17) is 0 Å². The molecular weight excluding hydrogens is 308 g/mol. The number of amides is 2. The van der Waals surface area contributed by atoms with Gasteiger partial charge in [-0.1, -0.05) is 13.8 Å². The number of hydrogen-bond donors (Lipinski definition) is 2. The van der Waals surface area contributed by atoms with Gasteiger partial charge in [-0.2, -0.15) is 0 Å². The fourth-order valence-corrected chi connectivity index (χ4v) is 4.64. The third-order valence-corrected chi connectivity index (χ3v) is 6.14. The highest BCUT2D eigenvalue weighted by Crippen LogP contribution is 2.34. The molecule has 0 aliphatic carbocycles. The number of carboxylic acid groups (broad SMARTS) is 1. The monoisotopic (exact) mass is 328 g/mol. The van der Waals surface area contributed by atoms with Crippen LogP contribution in [0.3, 0.4) is 0 Å². The molecule has 2 amide bonds. The number of aliphatic carboxylic acids is 1. The molecule has 1 aliphatic rings. The molecule has 0 radical (unpaired) electrons. The molecule has 2 unspecified atom stereocenters. The van der Waals surface area contributed by atoms with Gasteiger partial charge < -0.3 is 10.4 Å². The van der Waals surface area contributed by atoms with Gasteiger partial charge in [-0.25, -0.2) is 9.59 Å². The van der Waals surface area contributed by atoms with Gasteiger partial charge in [0.15, 0.2) is 0 Å². The summed E-state index contributed by atoms with van der Waals surface area (Å²) in [5, 5.41) is 14.1. The van der Waals surface area contributed by atoms with Gasteiger partial charge in [0, 0.05) is 10.6 Å². The molecule has 0 spiro atoms. The maximum atomic E-state index is 12.4. The average molecular weight is 328 g/mol. The van der Waals surface area contributed by atoms with Crippen LogP contribution in [0.4, 0.5) is 4.79 Å². The molecule has 2 N–H and O–H groups in total. The second-order valence-corrected chi connectivity index (χ2v) is 7.57. The quantitative estimate of drug-likeness (QED) is 0.892. The second kappa shape index (κ2) is 6.70. The molecule has 21 heavy (non-hydrogen) atoms. The lowest BCUT2D eigenvalue weighted by atomic mass is 10.2. The summed E-state index contributed by atoms with van der Waals surface area (Å²) < 4.78 is 0. The van der Waals surface area contributed by atoms with Crippen LogP contribution >= 0.6 is 23.1 Å². The number of thiophene rings is 1. The number of aryl methyl sites for hydroxylation is 1. The van der Waals surface area contributed by atoms with Crippen molar-refractivity contribution in [2.75, 3.05) is 5.75 Å². The van der Waals surface area contributed by atoms with Crippen LogP contribution in [-0.4, -0.2) is 39.2 Å². The minimum atomic E-state index is -0.937. The highest BCUT2D eigenvalue weighted by molar-refractivity contribution is 8.00. The molecule has 0 bridgehead atoms. The number of nitrogens with one attached hydrogen (secondary N) is 1. The fraction of sp³-hybridized carbons (Fsp3) is 0.571. The van der Waals surface area contributed by atoms with E-state index in [0.717, 1.165) is 10.4 Å². The van der Waals surface area contributed by atoms with Gasteiger partial charge in [-0.15, -0.1) is 23.1 Å². The maximum absolute atomic E-state index is 12.4. The van der Waals surface area contributed by atoms with Crippen molar-refractivity contribution in [1.29, 1.82) is 0 Å². The fourth-order valence-electron chi connectivity index (χ4n) is 2.32. The Kier molecular flexibility index (Phi) is 5.16. The van der Waals surface area contributed by atoms with Gasteiger partial charge in [0.25, 0.3) is 0 Å². The molecular formula is C14H20N2O3S2. The molecule has 0 saturated carbocycles. The number of hydrogen-bond acceptors (Lipinski definition) is 4. The molecule has 2 atom stereocenters. The molecule has 1 saturated heterocycles. The second-order valence-electron chi connectivity index (χ2n) is 5.41. The highest BCUT2D eigenvalue weighted by atomic mass is 32.2. The van der Waals surface area contributed by atoms with Crippen LogP contribution in [0, 0.1) is 12.8 Å². The lowest BCUT2D eigenvalue weighted by Crippen LogP contribution is -2.51. The van der Waals surface area contributed by atoms with Gasteiger partial charge in [0.1, 0.15) is 6.04 Å². The van der Waals surface area contributed by atoms with Crippen LogP contribution in [0.25, 0.3) is 0 Å². The summed E-state index contributed by atoms with van der Waals surface area (Å²) in [6, 6.07) is 0.972. The van der Waals surface area contributed by atoms with Gasteiger partial charge in [-0.05, 0) is 29.9 Å². The van der Waals surface area contributed by atoms with Crippen molar-refractivity contribution in [3.05, 3.63) is 21.9 Å². The average Bonchev–Trinajstić information content (AvgIpc) is 3.02. The molecule has 0 aromatic carbocycles. The zero-order valence-electron chi connectivity index (χ0n) is 12.3. The number of carboxylic acids is 1.